The lowest BCUT2D eigenvalue weighted by Gasteiger charge is -2.25. The summed E-state index contributed by atoms with van der Waals surface area (Å²) < 4.78 is 1.08. The normalized spacial score (nSPS) is 28.8. The predicted molar refractivity (Wildman–Crippen MR) is 57.1 cm³/mol. The second-order valence-corrected chi connectivity index (χ2v) is 3.79. The molecule has 1 heterocycles. The first-order chi connectivity index (χ1) is 5.22. The summed E-state index contributed by atoms with van der Waals surface area (Å²) >= 11 is 2.26. The lowest BCUT2D eigenvalue weighted by molar-refractivity contribution is 0.378. The fourth-order valence-electron chi connectivity index (χ4n) is 0.993. The van der Waals surface area contributed by atoms with Gasteiger partial charge < -0.3 is 4.90 Å². The number of hydrogen-bond acceptors (Lipinski definition) is 2. The lowest BCUT2D eigenvalue weighted by atomic mass is 10.1. The minimum absolute atomic E-state index is 0.607. The molecule has 0 saturated heterocycles. The fourth-order valence-corrected chi connectivity index (χ4v) is 1.63. The van der Waals surface area contributed by atoms with E-state index in [1.807, 2.05) is 6.20 Å². The highest BCUT2D eigenvalue weighted by molar-refractivity contribution is 14.1. The highest BCUT2D eigenvalue weighted by atomic mass is 127. The molecule has 0 saturated carbocycles. The van der Waals surface area contributed by atoms with Gasteiger partial charge in [-0.3, -0.25) is 0 Å². The van der Waals surface area contributed by atoms with E-state index in [1.54, 1.807) is 0 Å². The first kappa shape index (κ1) is 9.03. The summed E-state index contributed by atoms with van der Waals surface area (Å²) in [5, 5.41) is 0. The zero-order chi connectivity index (χ0) is 8.27. The molecular weight excluding hydrogens is 251 g/mol. The molecule has 11 heavy (non-hydrogen) atoms. The molecular formula is C8H13IN2. The summed E-state index contributed by atoms with van der Waals surface area (Å²) in [6.07, 6.45) is 6.38. The Labute approximate surface area is 81.5 Å². The van der Waals surface area contributed by atoms with E-state index in [1.165, 1.54) is 6.42 Å². The molecule has 1 aliphatic rings. The summed E-state index contributed by atoms with van der Waals surface area (Å²) in [5.74, 6) is 0. The van der Waals surface area contributed by atoms with Crippen LogP contribution in [0.2, 0.25) is 0 Å². The smallest absolute Gasteiger partial charge is 0.167 e. The van der Waals surface area contributed by atoms with E-state index in [0.717, 1.165) is 10.3 Å². The van der Waals surface area contributed by atoms with Gasteiger partial charge >= 0.3 is 0 Å². The number of halogens is 1. The van der Waals surface area contributed by atoms with Crippen LogP contribution in [0.4, 0.5) is 0 Å². The lowest BCUT2D eigenvalue weighted by Crippen LogP contribution is -2.31. The van der Waals surface area contributed by atoms with E-state index in [-0.39, 0.29) is 0 Å². The fraction of sp³-hybridized carbons (Fsp3) is 0.625. The Morgan fingerprint density at radius 3 is 3.18 bits per heavy atom. The number of nitrogens with zero attached hydrogens (tertiary/aromatic N) is 2. The molecule has 1 unspecified atom stereocenters. The van der Waals surface area contributed by atoms with Crippen molar-refractivity contribution in [1.82, 2.24) is 4.90 Å². The Kier molecular flexibility index (Phi) is 3.36. The zero-order valence-electron chi connectivity index (χ0n) is 6.92. The maximum Gasteiger partial charge on any atom is 0.167 e. The highest BCUT2D eigenvalue weighted by Crippen LogP contribution is 2.12. The summed E-state index contributed by atoms with van der Waals surface area (Å²) in [4.78, 5) is 6.48. The standard InChI is InChI=1S/C8H13IN2/c1-7-5-3-4-6-10-8(9)11(7)2/h4,6-7H,3,5H2,1-2H3/b6-4+,10-8?. The van der Waals surface area contributed by atoms with Crippen LogP contribution in [0.3, 0.4) is 0 Å². The Morgan fingerprint density at radius 2 is 2.45 bits per heavy atom. The van der Waals surface area contributed by atoms with Crippen molar-refractivity contribution in [3.05, 3.63) is 12.3 Å². The van der Waals surface area contributed by atoms with Crippen molar-refractivity contribution in [2.75, 3.05) is 7.05 Å². The van der Waals surface area contributed by atoms with Crippen molar-refractivity contribution >= 4 is 26.4 Å². The molecule has 62 valence electrons. The zero-order valence-corrected chi connectivity index (χ0v) is 9.08. The van der Waals surface area contributed by atoms with E-state index in [0.29, 0.717) is 6.04 Å². The second kappa shape index (κ2) is 4.09. The molecule has 0 radical (unpaired) electrons. The number of hydrogen-bond donors (Lipinski definition) is 0. The Hall–Kier alpha value is -0.0600. The molecule has 1 rings (SSSR count). The molecule has 1 aliphatic heterocycles. The molecule has 0 N–H and O–H groups in total. The van der Waals surface area contributed by atoms with Gasteiger partial charge in [0, 0.05) is 19.3 Å². The molecule has 0 aliphatic carbocycles. The van der Waals surface area contributed by atoms with E-state index in [4.69, 9.17) is 0 Å². The third-order valence-electron chi connectivity index (χ3n) is 1.99. The van der Waals surface area contributed by atoms with Crippen LogP contribution >= 0.6 is 22.6 Å². The maximum atomic E-state index is 4.26. The van der Waals surface area contributed by atoms with Gasteiger partial charge in [0.15, 0.2) is 3.84 Å². The van der Waals surface area contributed by atoms with E-state index in [9.17, 15) is 0 Å². The van der Waals surface area contributed by atoms with E-state index in [2.05, 4.69) is 52.5 Å². The molecule has 0 aromatic heterocycles. The number of aliphatic imine (C=N–C) groups is 1. The molecule has 0 amide bonds. The SMILES string of the molecule is CC1CC/C=C/N=C(I)N1C. The number of rotatable bonds is 0. The Morgan fingerprint density at radius 1 is 1.73 bits per heavy atom. The van der Waals surface area contributed by atoms with Crippen molar-refractivity contribution < 1.29 is 0 Å². The summed E-state index contributed by atoms with van der Waals surface area (Å²) in [6, 6.07) is 0.607. The first-order valence-corrected chi connectivity index (χ1v) is 4.91. The molecule has 0 fully saturated rings. The van der Waals surface area contributed by atoms with Crippen molar-refractivity contribution in [3.63, 3.8) is 0 Å². The molecule has 0 bridgehead atoms. The average molecular weight is 264 g/mol. The first-order valence-electron chi connectivity index (χ1n) is 3.83. The van der Waals surface area contributed by atoms with Crippen LogP contribution in [0.25, 0.3) is 0 Å². The summed E-state index contributed by atoms with van der Waals surface area (Å²) in [6.45, 7) is 2.23. The molecule has 0 spiro atoms. The van der Waals surface area contributed by atoms with E-state index >= 15 is 0 Å². The third kappa shape index (κ3) is 2.47. The van der Waals surface area contributed by atoms with Gasteiger partial charge in [-0.05, 0) is 42.4 Å². The monoisotopic (exact) mass is 264 g/mol. The van der Waals surface area contributed by atoms with Crippen LogP contribution < -0.4 is 0 Å². The minimum atomic E-state index is 0.607. The van der Waals surface area contributed by atoms with Crippen molar-refractivity contribution in [3.8, 4) is 0 Å². The average Bonchev–Trinajstić information content (AvgIpc) is 2.00. The van der Waals surface area contributed by atoms with Crippen molar-refractivity contribution in [1.29, 1.82) is 0 Å². The number of amidine groups is 1. The number of allylic oxidation sites excluding steroid dienone is 1. The predicted octanol–water partition coefficient (Wildman–Crippen LogP) is 2.41. The molecule has 3 heteroatoms. The van der Waals surface area contributed by atoms with Crippen LogP contribution in [-0.2, 0) is 0 Å². The third-order valence-corrected chi connectivity index (χ3v) is 3.03. The van der Waals surface area contributed by atoms with Crippen molar-refractivity contribution in [2.45, 2.75) is 25.8 Å². The van der Waals surface area contributed by atoms with Gasteiger partial charge in [-0.25, -0.2) is 4.99 Å². The van der Waals surface area contributed by atoms with Crippen LogP contribution in [0.5, 0.6) is 0 Å². The largest absolute Gasteiger partial charge is 0.352 e. The minimum Gasteiger partial charge on any atom is -0.352 e. The molecule has 2 nitrogen and oxygen atoms in total. The van der Waals surface area contributed by atoms with Gasteiger partial charge in [0.25, 0.3) is 0 Å². The van der Waals surface area contributed by atoms with E-state index < -0.39 is 0 Å². The Balaban J connectivity index is 2.72. The van der Waals surface area contributed by atoms with Crippen LogP contribution in [0.1, 0.15) is 19.8 Å². The van der Waals surface area contributed by atoms with Gasteiger partial charge in [0.1, 0.15) is 0 Å². The van der Waals surface area contributed by atoms with Gasteiger partial charge in [0.05, 0.1) is 0 Å². The second-order valence-electron chi connectivity index (χ2n) is 2.82. The molecule has 0 aromatic rings. The van der Waals surface area contributed by atoms with Gasteiger partial charge in [-0.15, -0.1) is 0 Å². The maximum absolute atomic E-state index is 4.26. The summed E-state index contributed by atoms with van der Waals surface area (Å²) in [7, 11) is 2.09. The topological polar surface area (TPSA) is 15.6 Å². The molecule has 1 atom stereocenters. The van der Waals surface area contributed by atoms with Gasteiger partial charge in [-0.2, -0.15) is 0 Å². The van der Waals surface area contributed by atoms with Gasteiger partial charge in [0.2, 0.25) is 0 Å². The van der Waals surface area contributed by atoms with Gasteiger partial charge in [-0.1, -0.05) is 6.08 Å². The Bertz CT molecular complexity index is 187. The summed E-state index contributed by atoms with van der Waals surface area (Å²) in [5.41, 5.74) is 0. The van der Waals surface area contributed by atoms with Crippen LogP contribution in [-0.4, -0.2) is 21.8 Å². The quantitative estimate of drug-likeness (QED) is 0.484. The molecule has 0 aromatic carbocycles. The van der Waals surface area contributed by atoms with Crippen LogP contribution in [0, 0.1) is 0 Å². The highest BCUT2D eigenvalue weighted by Gasteiger charge is 2.11. The van der Waals surface area contributed by atoms with Crippen LogP contribution in [0.15, 0.2) is 17.3 Å². The van der Waals surface area contributed by atoms with Crippen molar-refractivity contribution in [2.24, 2.45) is 4.99 Å².